The van der Waals surface area contributed by atoms with Crippen LogP contribution < -0.4 is 0 Å². The van der Waals surface area contributed by atoms with Gasteiger partial charge in [0.1, 0.15) is 0 Å². The van der Waals surface area contributed by atoms with E-state index in [1.165, 1.54) is 0 Å². The van der Waals surface area contributed by atoms with Crippen molar-refractivity contribution in [3.8, 4) is 0 Å². The minimum absolute atomic E-state index is 0.000000000000000222. The SMILES string of the molecule is OC1[C@@H]2C[C@H]3C4C2C2C4[C@@H](C[C@@H]21)C3O. The molecule has 2 unspecified atom stereocenters. The Labute approximate surface area is 83.3 Å². The van der Waals surface area contributed by atoms with Crippen LogP contribution in [0.25, 0.3) is 0 Å². The number of hydrogen-bond donors (Lipinski definition) is 2. The maximum atomic E-state index is 10.2. The lowest BCUT2D eigenvalue weighted by atomic mass is 9.60. The predicted molar refractivity (Wildman–Crippen MR) is 49.2 cm³/mol. The van der Waals surface area contributed by atoms with Gasteiger partial charge < -0.3 is 10.2 Å². The lowest BCUT2D eigenvalue weighted by molar-refractivity contribution is 0.0202. The zero-order chi connectivity index (χ0) is 9.19. The summed E-state index contributed by atoms with van der Waals surface area (Å²) in [6, 6.07) is 0. The summed E-state index contributed by atoms with van der Waals surface area (Å²) in [6.07, 6.45) is 2.27. The summed E-state index contributed by atoms with van der Waals surface area (Å²) in [6.45, 7) is 0. The Morgan fingerprint density at radius 3 is 1.14 bits per heavy atom. The van der Waals surface area contributed by atoms with Gasteiger partial charge in [-0.1, -0.05) is 0 Å². The van der Waals surface area contributed by atoms with Gasteiger partial charge in [-0.05, 0) is 60.2 Å². The van der Waals surface area contributed by atoms with E-state index in [-0.39, 0.29) is 12.2 Å². The molecule has 0 radical (unpaired) electrons. The van der Waals surface area contributed by atoms with Gasteiger partial charge >= 0.3 is 0 Å². The summed E-state index contributed by atoms with van der Waals surface area (Å²) in [5, 5.41) is 20.5. The molecule has 0 saturated heterocycles. The van der Waals surface area contributed by atoms with E-state index in [9.17, 15) is 10.2 Å². The summed E-state index contributed by atoms with van der Waals surface area (Å²) in [4.78, 5) is 0. The molecule has 5 aliphatic carbocycles. The van der Waals surface area contributed by atoms with Gasteiger partial charge in [0.15, 0.2) is 0 Å². The van der Waals surface area contributed by atoms with Crippen LogP contribution in [0.2, 0.25) is 0 Å². The molecule has 5 saturated carbocycles. The molecule has 2 N–H and O–H groups in total. The Balaban J connectivity index is 1.76. The first-order valence-electron chi connectivity index (χ1n) is 6.15. The quantitative estimate of drug-likeness (QED) is 0.586. The molecule has 0 bridgehead atoms. The van der Waals surface area contributed by atoms with E-state index in [4.69, 9.17) is 0 Å². The van der Waals surface area contributed by atoms with Crippen molar-refractivity contribution in [2.45, 2.75) is 25.0 Å². The third-order valence-corrected chi connectivity index (χ3v) is 6.60. The fourth-order valence-corrected chi connectivity index (χ4v) is 6.52. The average molecular weight is 192 g/mol. The first-order valence-corrected chi connectivity index (χ1v) is 6.15. The van der Waals surface area contributed by atoms with Gasteiger partial charge in [0.2, 0.25) is 0 Å². The van der Waals surface area contributed by atoms with Gasteiger partial charge in [-0.2, -0.15) is 0 Å². The average Bonchev–Trinajstić information content (AvgIpc) is 2.71. The van der Waals surface area contributed by atoms with Crippen molar-refractivity contribution < 1.29 is 10.2 Å². The highest BCUT2D eigenvalue weighted by Gasteiger charge is 2.78. The summed E-state index contributed by atoms with van der Waals surface area (Å²) in [5.41, 5.74) is 0. The van der Waals surface area contributed by atoms with Crippen molar-refractivity contribution in [3.63, 3.8) is 0 Å². The number of hydrogen-bond acceptors (Lipinski definition) is 2. The van der Waals surface area contributed by atoms with E-state index in [0.29, 0.717) is 23.7 Å². The standard InChI is InChI=1S/C12H16O2/c13-11-3-1-4-8-7(3)9-5(11)2-6(10(8)9)12(4)14/h3-14H,1-2H2/t3-,4+,5+,6-,7?,8?,9?,10?,11?,12?. The van der Waals surface area contributed by atoms with Crippen LogP contribution in [-0.4, -0.2) is 22.4 Å². The number of aliphatic hydroxyl groups excluding tert-OH is 2. The molecule has 5 rings (SSSR count). The summed E-state index contributed by atoms with van der Waals surface area (Å²) in [5.74, 6) is 5.61. The Hall–Kier alpha value is -0.0800. The predicted octanol–water partition coefficient (Wildman–Crippen LogP) is 0.486. The lowest BCUT2D eigenvalue weighted by Crippen LogP contribution is -2.41. The van der Waals surface area contributed by atoms with Crippen LogP contribution in [0.15, 0.2) is 0 Å². The van der Waals surface area contributed by atoms with Crippen LogP contribution >= 0.6 is 0 Å². The largest absolute Gasteiger partial charge is 0.393 e. The topological polar surface area (TPSA) is 40.5 Å². The summed E-state index contributed by atoms with van der Waals surface area (Å²) < 4.78 is 0. The fraction of sp³-hybridized carbons (Fsp3) is 1.00. The van der Waals surface area contributed by atoms with E-state index in [2.05, 4.69) is 0 Å². The van der Waals surface area contributed by atoms with Crippen LogP contribution in [0.3, 0.4) is 0 Å². The number of aliphatic hydroxyl groups is 2. The highest BCUT2D eigenvalue weighted by Crippen LogP contribution is 2.79. The molecule has 0 aromatic rings. The van der Waals surface area contributed by atoms with Crippen LogP contribution in [0.1, 0.15) is 12.8 Å². The van der Waals surface area contributed by atoms with E-state index in [1.54, 1.807) is 0 Å². The minimum Gasteiger partial charge on any atom is -0.393 e. The molecule has 0 aliphatic heterocycles. The molecule has 2 heteroatoms. The lowest BCUT2D eigenvalue weighted by Gasteiger charge is -2.44. The maximum absolute atomic E-state index is 10.2. The fourth-order valence-electron chi connectivity index (χ4n) is 6.52. The first-order chi connectivity index (χ1) is 6.79. The van der Waals surface area contributed by atoms with Crippen molar-refractivity contribution >= 4 is 0 Å². The van der Waals surface area contributed by atoms with E-state index in [0.717, 1.165) is 36.5 Å². The van der Waals surface area contributed by atoms with Crippen LogP contribution in [0.4, 0.5) is 0 Å². The number of rotatable bonds is 0. The zero-order valence-electron chi connectivity index (χ0n) is 8.08. The van der Waals surface area contributed by atoms with Gasteiger partial charge in [0.05, 0.1) is 12.2 Å². The second kappa shape index (κ2) is 1.80. The molecular weight excluding hydrogens is 176 g/mol. The summed E-state index contributed by atoms with van der Waals surface area (Å²) in [7, 11) is 0. The zero-order valence-corrected chi connectivity index (χ0v) is 8.08. The molecule has 5 fully saturated rings. The van der Waals surface area contributed by atoms with Crippen molar-refractivity contribution in [2.24, 2.45) is 47.3 Å². The van der Waals surface area contributed by atoms with E-state index in [1.807, 2.05) is 0 Å². The normalized spacial score (nSPS) is 81.0. The van der Waals surface area contributed by atoms with Gasteiger partial charge in [-0.15, -0.1) is 0 Å². The van der Waals surface area contributed by atoms with Crippen LogP contribution in [-0.2, 0) is 0 Å². The van der Waals surface area contributed by atoms with E-state index < -0.39 is 0 Å². The van der Waals surface area contributed by atoms with Crippen molar-refractivity contribution in [1.82, 2.24) is 0 Å². The minimum atomic E-state index is -0.000000000000000222. The molecule has 0 aromatic carbocycles. The highest BCUT2D eigenvalue weighted by atomic mass is 16.3. The Morgan fingerprint density at radius 2 is 0.857 bits per heavy atom. The molecule has 0 heterocycles. The smallest absolute Gasteiger partial charge is 0.0602 e. The van der Waals surface area contributed by atoms with Gasteiger partial charge in [0, 0.05) is 0 Å². The Morgan fingerprint density at radius 1 is 0.571 bits per heavy atom. The van der Waals surface area contributed by atoms with Gasteiger partial charge in [0.25, 0.3) is 0 Å². The third-order valence-electron chi connectivity index (χ3n) is 6.60. The Bertz CT molecular complexity index is 260. The van der Waals surface area contributed by atoms with Gasteiger partial charge in [-0.25, -0.2) is 0 Å². The van der Waals surface area contributed by atoms with Crippen molar-refractivity contribution in [1.29, 1.82) is 0 Å². The van der Waals surface area contributed by atoms with Gasteiger partial charge in [-0.3, -0.25) is 0 Å². The maximum Gasteiger partial charge on any atom is 0.0602 e. The second-order valence-corrected chi connectivity index (χ2v) is 6.42. The molecule has 14 heavy (non-hydrogen) atoms. The molecule has 0 amide bonds. The molecule has 2 nitrogen and oxygen atoms in total. The first kappa shape index (κ1) is 7.24. The van der Waals surface area contributed by atoms with Crippen LogP contribution in [0.5, 0.6) is 0 Å². The Kier molecular flexibility index (Phi) is 0.931. The third kappa shape index (κ3) is 0.455. The summed E-state index contributed by atoms with van der Waals surface area (Å²) >= 11 is 0. The highest BCUT2D eigenvalue weighted by molar-refractivity contribution is 5.26. The van der Waals surface area contributed by atoms with E-state index >= 15 is 0 Å². The van der Waals surface area contributed by atoms with Crippen molar-refractivity contribution in [2.75, 3.05) is 0 Å². The molecule has 6 atom stereocenters. The monoisotopic (exact) mass is 192 g/mol. The molecule has 0 aromatic heterocycles. The van der Waals surface area contributed by atoms with Crippen LogP contribution in [0, 0.1) is 47.3 Å². The second-order valence-electron chi connectivity index (χ2n) is 6.42. The van der Waals surface area contributed by atoms with Crippen molar-refractivity contribution in [3.05, 3.63) is 0 Å². The molecule has 76 valence electrons. The molecular formula is C12H16O2. The molecule has 0 spiro atoms. The molecule has 5 aliphatic rings.